The molecule has 7 nitrogen and oxygen atoms in total. The second-order valence-corrected chi connectivity index (χ2v) is 7.07. The smallest absolute Gasteiger partial charge is 0.255 e. The number of hydrogen-bond donors (Lipinski definition) is 1. The second-order valence-electron chi connectivity index (χ2n) is 4.60. The Morgan fingerprint density at radius 3 is 2.38 bits per heavy atom. The molecule has 24 heavy (non-hydrogen) atoms. The first kappa shape index (κ1) is 16.1. The number of carbonyl (C=O) groups is 1. The number of benzene rings is 1. The molecule has 0 aliphatic heterocycles. The molecule has 3 rings (SSSR count). The van der Waals surface area contributed by atoms with Crippen molar-refractivity contribution < 1.29 is 13.2 Å². The summed E-state index contributed by atoms with van der Waals surface area (Å²) in [5.74, 6) is -0.305. The molecule has 0 fully saturated rings. The van der Waals surface area contributed by atoms with E-state index in [-0.39, 0.29) is 15.9 Å². The molecule has 3 aromatic rings. The van der Waals surface area contributed by atoms with E-state index in [1.54, 1.807) is 17.5 Å². The molecule has 0 aliphatic rings. The molecule has 1 amide bonds. The van der Waals surface area contributed by atoms with Crippen LogP contribution in [0.3, 0.4) is 0 Å². The summed E-state index contributed by atoms with van der Waals surface area (Å²) in [6.45, 7) is 0. The van der Waals surface area contributed by atoms with Crippen LogP contribution in [-0.2, 0) is 10.0 Å². The number of pyridine rings is 1. The van der Waals surface area contributed by atoms with Crippen molar-refractivity contribution in [2.75, 3.05) is 5.32 Å². The van der Waals surface area contributed by atoms with Crippen LogP contribution < -0.4 is 5.32 Å². The monoisotopic (exact) mass is 359 g/mol. The highest BCUT2D eigenvalue weighted by atomic mass is 32.2. The van der Waals surface area contributed by atoms with Crippen LogP contribution >= 0.6 is 11.3 Å². The van der Waals surface area contributed by atoms with Gasteiger partial charge >= 0.3 is 0 Å². The molecule has 0 radical (unpaired) electrons. The zero-order valence-corrected chi connectivity index (χ0v) is 13.8. The molecule has 9 heteroatoms. The maximum absolute atomic E-state index is 12.2. The molecule has 0 aliphatic carbocycles. The van der Waals surface area contributed by atoms with E-state index in [4.69, 9.17) is 0 Å². The van der Waals surface area contributed by atoms with Crippen LogP contribution in [-0.4, -0.2) is 24.3 Å². The van der Waals surface area contributed by atoms with Crippen LogP contribution in [0.1, 0.15) is 10.4 Å². The van der Waals surface area contributed by atoms with E-state index in [2.05, 4.69) is 20.0 Å². The number of hydrogen-bond acceptors (Lipinski definition) is 6. The summed E-state index contributed by atoms with van der Waals surface area (Å²) >= 11 is 1.13. The lowest BCUT2D eigenvalue weighted by Gasteiger charge is -2.12. The number of anilines is 1. The van der Waals surface area contributed by atoms with E-state index in [0.29, 0.717) is 11.3 Å². The van der Waals surface area contributed by atoms with Gasteiger partial charge in [0.05, 0.1) is 4.90 Å². The molecule has 0 bridgehead atoms. The summed E-state index contributed by atoms with van der Waals surface area (Å²) < 4.78 is 28.0. The fourth-order valence-electron chi connectivity index (χ4n) is 1.83. The minimum absolute atomic E-state index is 0.0274. The quantitative estimate of drug-likeness (QED) is 0.753. The highest BCUT2D eigenvalue weighted by Crippen LogP contribution is 2.29. The standard InChI is InChI=1S/C15H12N4O3S2/c20-14(11-5-7-16-8-6-11)18-12-1-3-13(4-2-12)24(21,22)19-15-17-9-10-23-15/h1-10H,(H2,17,18,19,20)/p-1. The van der Waals surface area contributed by atoms with E-state index in [1.807, 2.05) is 0 Å². The van der Waals surface area contributed by atoms with Crippen molar-refractivity contribution in [1.82, 2.24) is 9.97 Å². The Bertz CT molecular complexity index is 925. The maximum atomic E-state index is 12.2. The number of sulfonamides is 1. The van der Waals surface area contributed by atoms with Gasteiger partial charge < -0.3 is 15.0 Å². The number of nitrogens with zero attached hydrogens (tertiary/aromatic N) is 3. The fourth-order valence-corrected chi connectivity index (χ4v) is 3.50. The number of thiazole rings is 1. The van der Waals surface area contributed by atoms with Gasteiger partial charge in [-0.05, 0) is 41.8 Å². The summed E-state index contributed by atoms with van der Waals surface area (Å²) in [5, 5.41) is 4.50. The van der Waals surface area contributed by atoms with E-state index in [9.17, 15) is 13.2 Å². The highest BCUT2D eigenvalue weighted by Gasteiger charge is 2.11. The summed E-state index contributed by atoms with van der Waals surface area (Å²) in [7, 11) is -3.83. The van der Waals surface area contributed by atoms with E-state index in [0.717, 1.165) is 11.3 Å². The molecule has 0 atom stereocenters. The van der Waals surface area contributed by atoms with E-state index < -0.39 is 10.0 Å². The summed E-state index contributed by atoms with van der Waals surface area (Å²) in [6.07, 6.45) is 4.52. The molecule has 0 saturated heterocycles. The molecular weight excluding hydrogens is 348 g/mol. The average Bonchev–Trinajstić information content (AvgIpc) is 3.08. The first-order chi connectivity index (χ1) is 11.5. The molecule has 1 N–H and O–H groups in total. The summed E-state index contributed by atoms with van der Waals surface area (Å²) in [5.41, 5.74) is 0.936. The van der Waals surface area contributed by atoms with Crippen LogP contribution in [0, 0.1) is 0 Å². The van der Waals surface area contributed by atoms with Gasteiger partial charge in [-0.2, -0.15) is 11.3 Å². The van der Waals surface area contributed by atoms with E-state index >= 15 is 0 Å². The summed E-state index contributed by atoms with van der Waals surface area (Å²) in [4.78, 5) is 19.7. The predicted octanol–water partition coefficient (Wildman–Crippen LogP) is 3.18. The third-order valence-corrected chi connectivity index (χ3v) is 5.03. The van der Waals surface area contributed by atoms with Crippen LogP contribution in [0.15, 0.2) is 65.3 Å². The Hall–Kier alpha value is -2.78. The van der Waals surface area contributed by atoms with Gasteiger partial charge in [-0.25, -0.2) is 8.42 Å². The molecule has 0 unspecified atom stereocenters. The first-order valence-corrected chi connectivity index (χ1v) is 9.05. The zero-order chi connectivity index (χ0) is 17.0. The van der Waals surface area contributed by atoms with Crippen molar-refractivity contribution in [2.45, 2.75) is 4.90 Å². The van der Waals surface area contributed by atoms with Gasteiger partial charge in [0.2, 0.25) is 10.0 Å². The predicted molar refractivity (Wildman–Crippen MR) is 91.0 cm³/mol. The number of aromatic nitrogens is 2. The highest BCUT2D eigenvalue weighted by molar-refractivity contribution is 7.94. The van der Waals surface area contributed by atoms with Crippen LogP contribution in [0.5, 0.6) is 0 Å². The van der Waals surface area contributed by atoms with Gasteiger partial charge in [0.15, 0.2) is 0 Å². The molecule has 1 aromatic carbocycles. The molecule has 2 heterocycles. The Morgan fingerprint density at radius 1 is 1.04 bits per heavy atom. The Morgan fingerprint density at radius 2 is 1.75 bits per heavy atom. The van der Waals surface area contributed by atoms with Gasteiger partial charge in [0.1, 0.15) is 0 Å². The van der Waals surface area contributed by atoms with Crippen molar-refractivity contribution in [2.24, 2.45) is 0 Å². The van der Waals surface area contributed by atoms with Crippen molar-refractivity contribution in [1.29, 1.82) is 0 Å². The number of carbonyl (C=O) groups excluding carboxylic acids is 1. The molecule has 2 aromatic heterocycles. The number of nitrogens with one attached hydrogen (secondary N) is 1. The minimum atomic E-state index is -3.83. The van der Waals surface area contributed by atoms with Gasteiger partial charge in [-0.15, -0.1) is 0 Å². The lowest BCUT2D eigenvalue weighted by molar-refractivity contribution is 0.102. The van der Waals surface area contributed by atoms with Crippen molar-refractivity contribution >= 4 is 38.1 Å². The van der Waals surface area contributed by atoms with Crippen LogP contribution in [0.4, 0.5) is 10.8 Å². The lowest BCUT2D eigenvalue weighted by atomic mass is 10.2. The number of rotatable bonds is 5. The second kappa shape index (κ2) is 6.77. The summed E-state index contributed by atoms with van der Waals surface area (Å²) in [6, 6.07) is 8.94. The van der Waals surface area contributed by atoms with Crippen LogP contribution in [0.2, 0.25) is 0 Å². The molecule has 0 saturated carbocycles. The molecular formula is C15H11N4O3S2-. The van der Waals surface area contributed by atoms with Crippen LogP contribution in [0.25, 0.3) is 4.72 Å². The third-order valence-electron chi connectivity index (χ3n) is 2.97. The Labute approximate surface area is 142 Å². The largest absolute Gasteiger partial charge is 0.433 e. The third kappa shape index (κ3) is 3.76. The first-order valence-electron chi connectivity index (χ1n) is 6.73. The minimum Gasteiger partial charge on any atom is -0.433 e. The zero-order valence-electron chi connectivity index (χ0n) is 12.2. The van der Waals surface area contributed by atoms with E-state index in [1.165, 1.54) is 42.9 Å². The van der Waals surface area contributed by atoms with Gasteiger partial charge in [0, 0.05) is 28.8 Å². The van der Waals surface area contributed by atoms with Gasteiger partial charge in [-0.1, -0.05) is 6.20 Å². The molecule has 122 valence electrons. The normalized spacial score (nSPS) is 11.0. The Kier molecular flexibility index (Phi) is 4.54. The van der Waals surface area contributed by atoms with Crippen molar-refractivity contribution in [3.05, 3.63) is 70.7 Å². The Balaban J connectivity index is 1.72. The number of amides is 1. The molecule has 0 spiro atoms. The van der Waals surface area contributed by atoms with Crippen molar-refractivity contribution in [3.63, 3.8) is 0 Å². The lowest BCUT2D eigenvalue weighted by Crippen LogP contribution is -2.11. The maximum Gasteiger partial charge on any atom is 0.255 e. The van der Waals surface area contributed by atoms with Gasteiger partial charge in [-0.3, -0.25) is 9.78 Å². The topological polar surface area (TPSA) is 103 Å². The van der Waals surface area contributed by atoms with Gasteiger partial charge in [0.25, 0.3) is 5.91 Å². The average molecular weight is 359 g/mol. The fraction of sp³-hybridized carbons (Fsp3) is 0. The SMILES string of the molecule is O=C(Nc1ccc(S(=O)(=O)[N-]c2nccs2)cc1)c1ccncc1. The van der Waals surface area contributed by atoms with Crippen molar-refractivity contribution in [3.8, 4) is 0 Å².